The highest BCUT2D eigenvalue weighted by molar-refractivity contribution is 6.31. The van der Waals surface area contributed by atoms with Gasteiger partial charge in [0, 0.05) is 29.3 Å². The van der Waals surface area contributed by atoms with Crippen molar-refractivity contribution >= 4 is 23.2 Å². The second-order valence-electron chi connectivity index (χ2n) is 6.10. The van der Waals surface area contributed by atoms with Crippen LogP contribution in [0.25, 0.3) is 0 Å². The van der Waals surface area contributed by atoms with E-state index in [9.17, 15) is 4.79 Å². The van der Waals surface area contributed by atoms with Crippen LogP contribution in [0, 0.1) is 6.92 Å². The summed E-state index contributed by atoms with van der Waals surface area (Å²) in [5.74, 6) is 0.0166. The molecule has 0 atom stereocenters. The van der Waals surface area contributed by atoms with Crippen molar-refractivity contribution in [3.8, 4) is 0 Å². The van der Waals surface area contributed by atoms with Gasteiger partial charge in [0.1, 0.15) is 0 Å². The number of piperidine rings is 1. The fraction of sp³-hybridized carbons (Fsp3) is 0.562. The van der Waals surface area contributed by atoms with Gasteiger partial charge >= 0.3 is 0 Å². The van der Waals surface area contributed by atoms with Crippen molar-refractivity contribution in [1.82, 2.24) is 10.2 Å². The number of halogens is 1. The Hall–Kier alpha value is -1.10. The molecule has 0 saturated carbocycles. The second-order valence-corrected chi connectivity index (χ2v) is 6.51. The Morgan fingerprint density at radius 3 is 2.62 bits per heavy atom. The minimum absolute atomic E-state index is 0.0166. The lowest BCUT2D eigenvalue weighted by atomic mass is 9.90. The molecule has 1 heterocycles. The molecule has 0 aliphatic carbocycles. The number of anilines is 1. The molecule has 0 bridgehead atoms. The number of aryl methyl sites for hydroxylation is 1. The molecule has 1 saturated heterocycles. The van der Waals surface area contributed by atoms with Crippen molar-refractivity contribution in [3.05, 3.63) is 28.8 Å². The zero-order valence-corrected chi connectivity index (χ0v) is 13.8. The van der Waals surface area contributed by atoms with Crippen LogP contribution in [0.4, 0.5) is 5.69 Å². The summed E-state index contributed by atoms with van der Waals surface area (Å²) < 4.78 is 0. The molecular weight excluding hydrogens is 286 g/mol. The van der Waals surface area contributed by atoms with E-state index in [4.69, 9.17) is 11.6 Å². The SMILES string of the molecule is CNC1(C)CCN(CC(=O)Nc2ccc(C)c(Cl)c2)CC1. The highest BCUT2D eigenvalue weighted by atomic mass is 35.5. The van der Waals surface area contributed by atoms with E-state index in [1.54, 1.807) is 6.07 Å². The van der Waals surface area contributed by atoms with E-state index >= 15 is 0 Å². The maximum Gasteiger partial charge on any atom is 0.238 e. The second kappa shape index (κ2) is 6.77. The third-order valence-electron chi connectivity index (χ3n) is 4.39. The molecule has 1 amide bonds. The van der Waals surface area contributed by atoms with Crippen LogP contribution >= 0.6 is 11.6 Å². The van der Waals surface area contributed by atoms with Gasteiger partial charge in [0.05, 0.1) is 6.54 Å². The predicted molar refractivity (Wildman–Crippen MR) is 88.0 cm³/mol. The summed E-state index contributed by atoms with van der Waals surface area (Å²) >= 11 is 6.07. The van der Waals surface area contributed by atoms with Crippen molar-refractivity contribution in [2.24, 2.45) is 0 Å². The van der Waals surface area contributed by atoms with Gasteiger partial charge in [-0.1, -0.05) is 17.7 Å². The minimum Gasteiger partial charge on any atom is -0.325 e. The van der Waals surface area contributed by atoms with E-state index in [0.29, 0.717) is 11.6 Å². The van der Waals surface area contributed by atoms with Gasteiger partial charge in [-0.15, -0.1) is 0 Å². The molecule has 1 aromatic rings. The van der Waals surface area contributed by atoms with Crippen LogP contribution in [0.5, 0.6) is 0 Å². The zero-order valence-electron chi connectivity index (χ0n) is 13.0. The van der Waals surface area contributed by atoms with Gasteiger partial charge in [-0.2, -0.15) is 0 Å². The number of hydrogen-bond donors (Lipinski definition) is 2. The quantitative estimate of drug-likeness (QED) is 0.899. The topological polar surface area (TPSA) is 44.4 Å². The molecule has 1 aliphatic heterocycles. The first-order valence-electron chi connectivity index (χ1n) is 7.39. The van der Waals surface area contributed by atoms with Gasteiger partial charge < -0.3 is 10.6 Å². The zero-order chi connectivity index (χ0) is 15.5. The van der Waals surface area contributed by atoms with Gasteiger partial charge in [-0.25, -0.2) is 0 Å². The number of likely N-dealkylation sites (tertiary alicyclic amines) is 1. The Balaban J connectivity index is 1.84. The van der Waals surface area contributed by atoms with Crippen LogP contribution < -0.4 is 10.6 Å². The molecule has 0 spiro atoms. The van der Waals surface area contributed by atoms with E-state index in [1.165, 1.54) is 0 Å². The minimum atomic E-state index is 0.0166. The average Bonchev–Trinajstić information content (AvgIpc) is 2.46. The summed E-state index contributed by atoms with van der Waals surface area (Å²) in [7, 11) is 2.00. The molecule has 2 rings (SSSR count). The Labute approximate surface area is 131 Å². The number of carbonyl (C=O) groups excluding carboxylic acids is 1. The largest absolute Gasteiger partial charge is 0.325 e. The lowest BCUT2D eigenvalue weighted by Gasteiger charge is -2.39. The highest BCUT2D eigenvalue weighted by Crippen LogP contribution is 2.22. The van der Waals surface area contributed by atoms with E-state index in [0.717, 1.165) is 37.2 Å². The normalized spacial score (nSPS) is 18.5. The van der Waals surface area contributed by atoms with Crippen molar-refractivity contribution in [2.45, 2.75) is 32.2 Å². The van der Waals surface area contributed by atoms with E-state index in [-0.39, 0.29) is 11.4 Å². The maximum absolute atomic E-state index is 12.1. The summed E-state index contributed by atoms with van der Waals surface area (Å²) in [5, 5.41) is 6.95. The fourth-order valence-electron chi connectivity index (χ4n) is 2.53. The van der Waals surface area contributed by atoms with Gasteiger partial charge in [0.15, 0.2) is 0 Å². The van der Waals surface area contributed by atoms with Crippen LogP contribution in [0.2, 0.25) is 5.02 Å². The van der Waals surface area contributed by atoms with E-state index < -0.39 is 0 Å². The molecule has 0 aromatic heterocycles. The molecule has 5 heteroatoms. The number of carbonyl (C=O) groups is 1. The standard InChI is InChI=1S/C16H24ClN3O/c1-12-4-5-13(10-14(12)17)19-15(21)11-20-8-6-16(2,18-3)7-9-20/h4-5,10,18H,6-9,11H2,1-3H3,(H,19,21). The van der Waals surface area contributed by atoms with E-state index in [2.05, 4.69) is 22.5 Å². The van der Waals surface area contributed by atoms with Gasteiger partial charge in [0.25, 0.3) is 0 Å². The third-order valence-corrected chi connectivity index (χ3v) is 4.79. The summed E-state index contributed by atoms with van der Waals surface area (Å²) in [6.45, 7) is 6.50. The molecule has 2 N–H and O–H groups in total. The summed E-state index contributed by atoms with van der Waals surface area (Å²) in [6, 6.07) is 5.59. The molecule has 0 radical (unpaired) electrons. The van der Waals surface area contributed by atoms with Gasteiger partial charge in [-0.05, 0) is 51.4 Å². The lowest BCUT2D eigenvalue weighted by molar-refractivity contribution is -0.117. The van der Waals surface area contributed by atoms with Crippen LogP contribution in [-0.4, -0.2) is 43.0 Å². The van der Waals surface area contributed by atoms with Gasteiger partial charge in [0.2, 0.25) is 5.91 Å². The van der Waals surface area contributed by atoms with Crippen LogP contribution in [0.3, 0.4) is 0 Å². The number of rotatable bonds is 4. The first kappa shape index (κ1) is 16.3. The number of benzene rings is 1. The van der Waals surface area contributed by atoms with Crippen LogP contribution in [-0.2, 0) is 4.79 Å². The monoisotopic (exact) mass is 309 g/mol. The number of hydrogen-bond acceptors (Lipinski definition) is 3. The van der Waals surface area contributed by atoms with Crippen LogP contribution in [0.1, 0.15) is 25.3 Å². The Morgan fingerprint density at radius 2 is 2.05 bits per heavy atom. The first-order valence-corrected chi connectivity index (χ1v) is 7.77. The van der Waals surface area contributed by atoms with E-state index in [1.807, 2.05) is 26.1 Å². The van der Waals surface area contributed by atoms with Crippen molar-refractivity contribution in [1.29, 1.82) is 0 Å². The number of amides is 1. The van der Waals surface area contributed by atoms with Crippen LogP contribution in [0.15, 0.2) is 18.2 Å². The van der Waals surface area contributed by atoms with Crippen molar-refractivity contribution in [2.75, 3.05) is 32.0 Å². The predicted octanol–water partition coefficient (Wildman–Crippen LogP) is 2.66. The average molecular weight is 310 g/mol. The summed E-state index contributed by atoms with van der Waals surface area (Å²) in [5.41, 5.74) is 1.97. The lowest BCUT2D eigenvalue weighted by Crippen LogP contribution is -2.51. The molecule has 1 aromatic carbocycles. The summed E-state index contributed by atoms with van der Waals surface area (Å²) in [4.78, 5) is 14.3. The molecule has 4 nitrogen and oxygen atoms in total. The molecule has 1 aliphatic rings. The molecule has 1 fully saturated rings. The van der Waals surface area contributed by atoms with Gasteiger partial charge in [-0.3, -0.25) is 9.69 Å². The Morgan fingerprint density at radius 1 is 1.38 bits per heavy atom. The smallest absolute Gasteiger partial charge is 0.238 e. The summed E-state index contributed by atoms with van der Waals surface area (Å²) in [6.07, 6.45) is 2.13. The fourth-order valence-corrected chi connectivity index (χ4v) is 2.71. The highest BCUT2D eigenvalue weighted by Gasteiger charge is 2.28. The Kier molecular flexibility index (Phi) is 5.25. The Bertz CT molecular complexity index is 510. The third kappa shape index (κ3) is 4.43. The number of nitrogens with zero attached hydrogens (tertiary/aromatic N) is 1. The maximum atomic E-state index is 12.1. The van der Waals surface area contributed by atoms with Crippen molar-refractivity contribution in [3.63, 3.8) is 0 Å². The molecule has 116 valence electrons. The first-order chi connectivity index (χ1) is 9.92. The number of nitrogens with one attached hydrogen (secondary N) is 2. The molecular formula is C16H24ClN3O. The molecule has 0 unspecified atom stereocenters. The van der Waals surface area contributed by atoms with Crippen molar-refractivity contribution < 1.29 is 4.79 Å². The molecule has 21 heavy (non-hydrogen) atoms.